The molecule has 3 nitrogen and oxygen atoms in total. The molecule has 0 amide bonds. The Morgan fingerprint density at radius 2 is 1.00 bits per heavy atom. The number of thiol groups is 1. The van der Waals surface area contributed by atoms with Crippen LogP contribution in [0.4, 0.5) is 0 Å². The molecule has 0 saturated carbocycles. The monoisotopic (exact) mass is 322 g/mol. The fourth-order valence-electron chi connectivity index (χ4n) is 1.80. The van der Waals surface area contributed by atoms with E-state index in [1.54, 1.807) is 0 Å². The third-order valence-corrected chi connectivity index (χ3v) is 7.37. The Morgan fingerprint density at radius 1 is 0.750 bits per heavy atom. The Morgan fingerprint density at radius 3 is 1.15 bits per heavy atom. The Kier molecular flexibility index (Phi) is 6.84. The standard InChI is InChI=1S/C15H34O3SSi/c1-11-12(19)20(16-13(2,3)4,17-14(5,6)7)18-15(8,9)10/h12,19H,11H2,1-10H3. The van der Waals surface area contributed by atoms with E-state index in [1.165, 1.54) is 0 Å². The molecular weight excluding hydrogens is 288 g/mol. The second-order valence-corrected chi connectivity index (χ2v) is 11.8. The van der Waals surface area contributed by atoms with E-state index in [1.807, 2.05) is 62.3 Å². The van der Waals surface area contributed by atoms with Crippen LogP contribution in [-0.4, -0.2) is 30.5 Å². The van der Waals surface area contributed by atoms with Crippen molar-refractivity contribution in [3.05, 3.63) is 0 Å². The van der Waals surface area contributed by atoms with Crippen molar-refractivity contribution >= 4 is 21.4 Å². The van der Waals surface area contributed by atoms with Crippen molar-refractivity contribution < 1.29 is 13.3 Å². The summed E-state index contributed by atoms with van der Waals surface area (Å²) < 4.78 is 19.0. The first-order chi connectivity index (χ1) is 8.60. The zero-order chi connectivity index (χ0) is 16.4. The third-order valence-electron chi connectivity index (χ3n) is 2.14. The van der Waals surface area contributed by atoms with Crippen LogP contribution >= 0.6 is 12.6 Å². The van der Waals surface area contributed by atoms with E-state index in [0.29, 0.717) is 0 Å². The van der Waals surface area contributed by atoms with E-state index in [4.69, 9.17) is 25.9 Å². The molecule has 1 atom stereocenters. The Hall–Kier alpha value is 0.447. The molecule has 0 spiro atoms. The lowest BCUT2D eigenvalue weighted by molar-refractivity contribution is -0.0764. The molecule has 0 aromatic rings. The topological polar surface area (TPSA) is 27.7 Å². The van der Waals surface area contributed by atoms with Crippen LogP contribution < -0.4 is 0 Å². The lowest BCUT2D eigenvalue weighted by Crippen LogP contribution is -2.62. The maximum absolute atomic E-state index is 6.35. The normalized spacial score (nSPS) is 16.4. The zero-order valence-corrected chi connectivity index (χ0v) is 16.9. The van der Waals surface area contributed by atoms with Crippen LogP contribution in [0, 0.1) is 0 Å². The molecule has 0 bridgehead atoms. The van der Waals surface area contributed by atoms with Crippen LogP contribution in [0.1, 0.15) is 75.7 Å². The Balaban J connectivity index is 5.63. The predicted octanol–water partition coefficient (Wildman–Crippen LogP) is 4.62. The van der Waals surface area contributed by atoms with Crippen molar-refractivity contribution in [3.8, 4) is 0 Å². The summed E-state index contributed by atoms with van der Waals surface area (Å²) in [4.78, 5) is -0.0415. The molecule has 0 aliphatic rings. The molecule has 0 fully saturated rings. The van der Waals surface area contributed by atoms with E-state index in [-0.39, 0.29) is 21.7 Å². The van der Waals surface area contributed by atoms with Gasteiger partial charge in [0.25, 0.3) is 0 Å². The number of hydrogen-bond donors (Lipinski definition) is 1. The quantitative estimate of drug-likeness (QED) is 0.591. The van der Waals surface area contributed by atoms with E-state index in [9.17, 15) is 0 Å². The highest BCUT2D eigenvalue weighted by atomic mass is 32.1. The fourth-order valence-corrected chi connectivity index (χ4v) is 5.87. The van der Waals surface area contributed by atoms with E-state index < -0.39 is 8.80 Å². The molecule has 0 aromatic carbocycles. The first-order valence-electron chi connectivity index (χ1n) is 7.39. The summed E-state index contributed by atoms with van der Waals surface area (Å²) in [6.45, 7) is 20.4. The summed E-state index contributed by atoms with van der Waals surface area (Å²) in [5, 5.41) is 0. The minimum absolute atomic E-state index is 0.0415. The summed E-state index contributed by atoms with van der Waals surface area (Å²) in [6, 6.07) is 0. The van der Waals surface area contributed by atoms with E-state index in [2.05, 4.69) is 6.92 Å². The molecule has 0 aliphatic heterocycles. The Bertz CT molecular complexity index is 259. The minimum Gasteiger partial charge on any atom is -0.368 e. The van der Waals surface area contributed by atoms with Gasteiger partial charge in [0.2, 0.25) is 0 Å². The van der Waals surface area contributed by atoms with Crippen LogP contribution in [0.15, 0.2) is 0 Å². The van der Waals surface area contributed by atoms with Gasteiger partial charge in [0.1, 0.15) is 0 Å². The molecular formula is C15H34O3SSi. The van der Waals surface area contributed by atoms with Gasteiger partial charge in [0.05, 0.1) is 21.7 Å². The second-order valence-electron chi connectivity index (χ2n) is 8.17. The lowest BCUT2D eigenvalue weighted by Gasteiger charge is -2.45. The van der Waals surface area contributed by atoms with Gasteiger partial charge in [-0.3, -0.25) is 0 Å². The molecule has 0 N–H and O–H groups in total. The highest BCUT2D eigenvalue weighted by Gasteiger charge is 2.54. The fraction of sp³-hybridized carbons (Fsp3) is 1.00. The molecule has 1 unspecified atom stereocenters. The third kappa shape index (κ3) is 8.03. The lowest BCUT2D eigenvalue weighted by atomic mass is 10.2. The summed E-state index contributed by atoms with van der Waals surface area (Å²) in [5.74, 6) is 0. The van der Waals surface area contributed by atoms with Crippen LogP contribution in [0.3, 0.4) is 0 Å². The molecule has 0 rings (SSSR count). The smallest absolute Gasteiger partial charge is 0.368 e. The highest BCUT2D eigenvalue weighted by molar-refractivity contribution is 7.83. The van der Waals surface area contributed by atoms with Gasteiger partial charge in [0, 0.05) is 0 Å². The van der Waals surface area contributed by atoms with E-state index >= 15 is 0 Å². The SMILES string of the molecule is CCC(S)[Si](OC(C)(C)C)(OC(C)(C)C)OC(C)(C)C. The van der Waals surface area contributed by atoms with Gasteiger partial charge in [0.15, 0.2) is 0 Å². The Labute approximate surface area is 132 Å². The second kappa shape index (κ2) is 6.69. The first-order valence-corrected chi connectivity index (χ1v) is 9.71. The molecule has 5 heteroatoms. The van der Waals surface area contributed by atoms with Gasteiger partial charge < -0.3 is 13.3 Å². The molecule has 0 radical (unpaired) electrons. The van der Waals surface area contributed by atoms with Crippen molar-refractivity contribution in [2.75, 3.05) is 0 Å². The molecule has 0 aliphatic carbocycles. The summed E-state index contributed by atoms with van der Waals surface area (Å²) >= 11 is 4.73. The first kappa shape index (κ1) is 20.4. The van der Waals surface area contributed by atoms with Crippen LogP contribution in [0.25, 0.3) is 0 Å². The molecule has 0 saturated heterocycles. The average Bonchev–Trinajstić information content (AvgIpc) is 2.07. The zero-order valence-electron chi connectivity index (χ0n) is 15.0. The van der Waals surface area contributed by atoms with Crippen molar-refractivity contribution in [3.63, 3.8) is 0 Å². The summed E-state index contributed by atoms with van der Waals surface area (Å²) in [7, 11) is -2.94. The van der Waals surface area contributed by atoms with Crippen molar-refractivity contribution in [1.29, 1.82) is 0 Å². The molecule has 20 heavy (non-hydrogen) atoms. The summed E-state index contributed by atoms with van der Waals surface area (Å²) in [5.41, 5.74) is -1.00. The van der Waals surface area contributed by atoms with Crippen molar-refractivity contribution in [1.82, 2.24) is 0 Å². The minimum atomic E-state index is -2.94. The van der Waals surface area contributed by atoms with Crippen molar-refractivity contribution in [2.24, 2.45) is 0 Å². The van der Waals surface area contributed by atoms with E-state index in [0.717, 1.165) is 6.42 Å². The maximum atomic E-state index is 6.35. The van der Waals surface area contributed by atoms with Crippen molar-refractivity contribution in [2.45, 2.75) is 97.3 Å². The number of hydrogen-bond acceptors (Lipinski definition) is 4. The molecule has 0 heterocycles. The van der Waals surface area contributed by atoms with Gasteiger partial charge in [-0.1, -0.05) is 6.92 Å². The van der Waals surface area contributed by atoms with Crippen LogP contribution in [0.5, 0.6) is 0 Å². The number of rotatable bonds is 5. The van der Waals surface area contributed by atoms with Gasteiger partial charge in [-0.15, -0.1) is 0 Å². The van der Waals surface area contributed by atoms with Gasteiger partial charge in [-0.05, 0) is 68.7 Å². The maximum Gasteiger partial charge on any atom is 0.515 e. The summed E-state index contributed by atoms with van der Waals surface area (Å²) in [6.07, 6.45) is 0.845. The van der Waals surface area contributed by atoms with Gasteiger partial charge in [-0.25, -0.2) is 0 Å². The van der Waals surface area contributed by atoms with Crippen LogP contribution in [-0.2, 0) is 13.3 Å². The molecule has 122 valence electrons. The average molecular weight is 323 g/mol. The van der Waals surface area contributed by atoms with Crippen LogP contribution in [0.2, 0.25) is 0 Å². The van der Waals surface area contributed by atoms with Gasteiger partial charge >= 0.3 is 8.80 Å². The largest absolute Gasteiger partial charge is 0.515 e. The highest BCUT2D eigenvalue weighted by Crippen LogP contribution is 2.34. The van der Waals surface area contributed by atoms with Gasteiger partial charge in [-0.2, -0.15) is 12.6 Å². The predicted molar refractivity (Wildman–Crippen MR) is 91.3 cm³/mol. The molecule has 0 aromatic heterocycles.